The maximum atomic E-state index is 7.22. The Morgan fingerprint density at radius 3 is 1.71 bits per heavy atom. The van der Waals surface area contributed by atoms with Gasteiger partial charge in [-0.25, -0.2) is 4.98 Å². The van der Waals surface area contributed by atoms with Crippen molar-refractivity contribution in [2.45, 2.75) is 76.0 Å². The van der Waals surface area contributed by atoms with Gasteiger partial charge < -0.3 is 8.83 Å². The van der Waals surface area contributed by atoms with Gasteiger partial charge in [-0.15, -0.1) is 0 Å². The highest BCUT2D eigenvalue weighted by Crippen LogP contribution is 2.49. The van der Waals surface area contributed by atoms with Crippen molar-refractivity contribution in [3.63, 3.8) is 0 Å². The molecule has 2 aliphatic rings. The zero-order valence-corrected chi connectivity index (χ0v) is 31.5. The van der Waals surface area contributed by atoms with Gasteiger partial charge in [0.1, 0.15) is 22.3 Å². The Labute approximate surface area is 325 Å². The first-order valence-corrected chi connectivity index (χ1v) is 20.8. The smallest absolute Gasteiger partial charge is 0.144 e. The van der Waals surface area contributed by atoms with Crippen molar-refractivity contribution < 1.29 is 8.83 Å². The second-order valence-electron chi connectivity index (χ2n) is 16.4. The Morgan fingerprint density at radius 1 is 0.446 bits per heavy atom. The first kappa shape index (κ1) is 32.3. The predicted octanol–water partition coefficient (Wildman–Crippen LogP) is 15.2. The second-order valence-corrected chi connectivity index (χ2v) is 16.4. The molecule has 3 aromatic heterocycles. The van der Waals surface area contributed by atoms with Crippen molar-refractivity contribution in [3.8, 4) is 22.4 Å². The molecule has 4 nitrogen and oxygen atoms in total. The molecule has 272 valence electrons. The van der Waals surface area contributed by atoms with E-state index in [1.165, 1.54) is 96.9 Å². The number of benzene rings is 7. The summed E-state index contributed by atoms with van der Waals surface area (Å²) in [5.74, 6) is 1.06. The number of aromatic nitrogens is 2. The van der Waals surface area contributed by atoms with Crippen LogP contribution in [0.1, 0.15) is 87.2 Å². The van der Waals surface area contributed by atoms with E-state index in [2.05, 4.69) is 115 Å². The summed E-state index contributed by atoms with van der Waals surface area (Å²) in [5, 5.41) is 9.23. The third-order valence-corrected chi connectivity index (χ3v) is 13.3. The van der Waals surface area contributed by atoms with Gasteiger partial charge in [0.05, 0.1) is 22.9 Å². The van der Waals surface area contributed by atoms with Gasteiger partial charge in [0.2, 0.25) is 0 Å². The van der Waals surface area contributed by atoms with Crippen LogP contribution in [-0.4, -0.2) is 9.97 Å². The molecule has 10 aromatic rings. The summed E-state index contributed by atoms with van der Waals surface area (Å²) in [6.07, 6.45) is 14.6. The summed E-state index contributed by atoms with van der Waals surface area (Å²) < 4.78 is 14.3. The molecule has 12 rings (SSSR count). The lowest BCUT2D eigenvalue weighted by Crippen LogP contribution is -2.04. The first-order chi connectivity index (χ1) is 27.8. The topological polar surface area (TPSA) is 52.1 Å². The Balaban J connectivity index is 1.11. The number of fused-ring (bicyclic) bond motifs is 12. The van der Waals surface area contributed by atoms with E-state index < -0.39 is 0 Å². The number of furan rings is 2. The molecule has 7 aromatic carbocycles. The average Bonchev–Trinajstić information content (AvgIpc) is 3.84. The Morgan fingerprint density at radius 2 is 1.02 bits per heavy atom. The van der Waals surface area contributed by atoms with Crippen LogP contribution in [0.25, 0.3) is 98.8 Å². The molecule has 0 saturated heterocycles. The van der Waals surface area contributed by atoms with Gasteiger partial charge in [-0.3, -0.25) is 4.98 Å². The van der Waals surface area contributed by atoms with Crippen molar-refractivity contribution >= 4 is 76.5 Å². The fourth-order valence-corrected chi connectivity index (χ4v) is 10.6. The highest BCUT2D eigenvalue weighted by atomic mass is 16.3. The fourth-order valence-electron chi connectivity index (χ4n) is 10.6. The second kappa shape index (κ2) is 12.8. The largest absolute Gasteiger partial charge is 0.456 e. The van der Waals surface area contributed by atoms with E-state index in [0.29, 0.717) is 11.8 Å². The highest BCUT2D eigenvalue weighted by Gasteiger charge is 2.27. The molecule has 0 N–H and O–H groups in total. The van der Waals surface area contributed by atoms with Crippen LogP contribution in [0.2, 0.25) is 0 Å². The van der Waals surface area contributed by atoms with E-state index in [9.17, 15) is 0 Å². The SMILES string of the molecule is c1cc(-c2cnc3c4ccccc4c4ccccc4c3n2)cc(-c2c3oc4c(C5CCCCC5)cccc4c3cc3oc4c(C5CCCCC5)cccc4c23)c1. The van der Waals surface area contributed by atoms with Gasteiger partial charge in [0.25, 0.3) is 0 Å². The van der Waals surface area contributed by atoms with Gasteiger partial charge >= 0.3 is 0 Å². The summed E-state index contributed by atoms with van der Waals surface area (Å²) in [6.45, 7) is 0. The number of para-hydroxylation sites is 2. The van der Waals surface area contributed by atoms with Crippen LogP contribution in [0.15, 0.2) is 130 Å². The molecule has 4 heteroatoms. The van der Waals surface area contributed by atoms with Crippen LogP contribution < -0.4 is 0 Å². The van der Waals surface area contributed by atoms with Crippen LogP contribution in [0, 0.1) is 0 Å². The van der Waals surface area contributed by atoms with Crippen LogP contribution in [0.5, 0.6) is 0 Å². The minimum absolute atomic E-state index is 0.529. The minimum Gasteiger partial charge on any atom is -0.456 e. The van der Waals surface area contributed by atoms with Crippen molar-refractivity contribution in [2.24, 2.45) is 0 Å². The fraction of sp³-hybridized carbons (Fsp3) is 0.231. The molecule has 0 atom stereocenters. The lowest BCUT2D eigenvalue weighted by Gasteiger charge is -2.22. The van der Waals surface area contributed by atoms with Crippen molar-refractivity contribution in [2.75, 3.05) is 0 Å². The number of hydrogen-bond donors (Lipinski definition) is 0. The summed E-state index contributed by atoms with van der Waals surface area (Å²) in [6, 6.07) is 41.8. The molecule has 0 bridgehead atoms. The van der Waals surface area contributed by atoms with Crippen LogP contribution in [0.3, 0.4) is 0 Å². The first-order valence-electron chi connectivity index (χ1n) is 20.8. The standard InChI is InChI=1S/C52H42N2O2/c1-3-14-31(15-4-1)35-24-12-26-41-43-29-45-47(42-27-13-25-36(51(42)55-45)32-16-5-2-6-17-32)46(52(43)56-50(35)41)34-19-11-18-33(28-34)44-30-53-48-39-22-9-7-20-37(39)38-21-8-10-23-40(38)49(48)54-44/h7-13,18-32H,1-6,14-17H2. The number of nitrogens with zero attached hydrogens (tertiary/aromatic N) is 2. The molecule has 2 saturated carbocycles. The lowest BCUT2D eigenvalue weighted by atomic mass is 9.83. The van der Waals surface area contributed by atoms with E-state index in [0.717, 1.165) is 77.3 Å². The van der Waals surface area contributed by atoms with Gasteiger partial charge in [-0.2, -0.15) is 0 Å². The normalized spacial score (nSPS) is 16.1. The number of hydrogen-bond acceptors (Lipinski definition) is 4. The zero-order chi connectivity index (χ0) is 36.7. The molecular weight excluding hydrogens is 685 g/mol. The molecular formula is C52H42N2O2. The van der Waals surface area contributed by atoms with Gasteiger partial charge in [-0.1, -0.05) is 142 Å². The van der Waals surface area contributed by atoms with E-state index in [4.69, 9.17) is 18.8 Å². The lowest BCUT2D eigenvalue weighted by molar-refractivity contribution is 0.442. The molecule has 2 aliphatic carbocycles. The monoisotopic (exact) mass is 726 g/mol. The van der Waals surface area contributed by atoms with E-state index in [1.54, 1.807) is 0 Å². The number of rotatable bonds is 4. The molecule has 0 aliphatic heterocycles. The minimum atomic E-state index is 0.529. The Hall–Kier alpha value is -6.00. The third-order valence-electron chi connectivity index (χ3n) is 13.3. The molecule has 0 spiro atoms. The van der Waals surface area contributed by atoms with Crippen molar-refractivity contribution in [1.82, 2.24) is 9.97 Å². The van der Waals surface area contributed by atoms with Gasteiger partial charge in [-0.05, 0) is 77.1 Å². The van der Waals surface area contributed by atoms with Crippen molar-refractivity contribution in [1.29, 1.82) is 0 Å². The maximum Gasteiger partial charge on any atom is 0.144 e. The molecule has 3 heterocycles. The molecule has 2 fully saturated rings. The van der Waals surface area contributed by atoms with Gasteiger partial charge in [0.15, 0.2) is 0 Å². The van der Waals surface area contributed by atoms with E-state index in [-0.39, 0.29) is 0 Å². The predicted molar refractivity (Wildman–Crippen MR) is 232 cm³/mol. The maximum absolute atomic E-state index is 7.22. The van der Waals surface area contributed by atoms with Crippen LogP contribution in [0.4, 0.5) is 0 Å². The summed E-state index contributed by atoms with van der Waals surface area (Å²) >= 11 is 0. The Kier molecular flexibility index (Phi) is 7.36. The van der Waals surface area contributed by atoms with E-state index >= 15 is 0 Å². The molecule has 0 unspecified atom stereocenters. The average molecular weight is 727 g/mol. The highest BCUT2D eigenvalue weighted by molar-refractivity contribution is 6.25. The van der Waals surface area contributed by atoms with Crippen LogP contribution in [-0.2, 0) is 0 Å². The summed E-state index contributed by atoms with van der Waals surface area (Å²) in [4.78, 5) is 10.5. The van der Waals surface area contributed by atoms with Crippen LogP contribution >= 0.6 is 0 Å². The summed E-state index contributed by atoms with van der Waals surface area (Å²) in [5.41, 5.74) is 12.5. The molecule has 0 amide bonds. The summed E-state index contributed by atoms with van der Waals surface area (Å²) in [7, 11) is 0. The molecule has 0 radical (unpaired) electrons. The zero-order valence-electron chi connectivity index (χ0n) is 31.5. The Bertz CT molecular complexity index is 3110. The third kappa shape index (κ3) is 4.91. The van der Waals surface area contributed by atoms with E-state index in [1.807, 2.05) is 6.20 Å². The molecule has 56 heavy (non-hydrogen) atoms. The van der Waals surface area contributed by atoms with Gasteiger partial charge in [0, 0.05) is 43.4 Å². The van der Waals surface area contributed by atoms with Crippen molar-refractivity contribution in [3.05, 3.63) is 133 Å². The quantitative estimate of drug-likeness (QED) is 0.169.